The number of fused-ring (bicyclic) bond motifs is 12. The Balaban J connectivity index is 0.906. The lowest BCUT2D eigenvalue weighted by molar-refractivity contribution is 1.08. The fraction of sp³-hybridized carbons (Fsp3) is 0. The highest BCUT2D eigenvalue weighted by atomic mass is 32.1. The van der Waals surface area contributed by atoms with Crippen LogP contribution in [0.25, 0.3) is 137 Å². The molecular formula is C63H38N6S. The average molecular weight is 911 g/mol. The van der Waals surface area contributed by atoms with E-state index in [4.69, 9.17) is 15.0 Å². The predicted octanol–water partition coefficient (Wildman–Crippen LogP) is 16.5. The Morgan fingerprint density at radius 1 is 0.271 bits per heavy atom. The Hall–Kier alpha value is -9.17. The molecule has 6 nitrogen and oxygen atoms in total. The zero-order chi connectivity index (χ0) is 45.9. The van der Waals surface area contributed by atoms with E-state index in [-0.39, 0.29) is 0 Å². The summed E-state index contributed by atoms with van der Waals surface area (Å²) in [4.78, 5) is 15.3. The first-order valence-electron chi connectivity index (χ1n) is 23.6. The maximum absolute atomic E-state index is 5.15. The summed E-state index contributed by atoms with van der Waals surface area (Å²) in [6.07, 6.45) is 0. The van der Waals surface area contributed by atoms with Gasteiger partial charge < -0.3 is 13.7 Å². The van der Waals surface area contributed by atoms with Gasteiger partial charge in [-0.2, -0.15) is 0 Å². The molecule has 0 spiro atoms. The molecule has 326 valence electrons. The van der Waals surface area contributed by atoms with Gasteiger partial charge in [0.15, 0.2) is 17.5 Å². The first-order valence-corrected chi connectivity index (χ1v) is 24.4. The van der Waals surface area contributed by atoms with Gasteiger partial charge in [0.05, 0.1) is 43.5 Å². The van der Waals surface area contributed by atoms with Gasteiger partial charge in [0.1, 0.15) is 0 Å². The van der Waals surface area contributed by atoms with E-state index in [1.807, 2.05) is 36.4 Å². The second kappa shape index (κ2) is 15.2. The summed E-state index contributed by atoms with van der Waals surface area (Å²) < 4.78 is 9.66. The van der Waals surface area contributed by atoms with Crippen molar-refractivity contribution in [3.63, 3.8) is 0 Å². The highest BCUT2D eigenvalue weighted by Gasteiger charge is 2.22. The topological polar surface area (TPSA) is 53.5 Å². The van der Waals surface area contributed by atoms with Gasteiger partial charge in [-0.25, -0.2) is 15.0 Å². The molecule has 5 heterocycles. The molecule has 7 heteroatoms. The fourth-order valence-electron chi connectivity index (χ4n) is 11.0. The number of aromatic nitrogens is 6. The molecule has 0 amide bonds. The van der Waals surface area contributed by atoms with E-state index in [0.717, 1.165) is 49.5 Å². The van der Waals surface area contributed by atoms with Crippen molar-refractivity contribution < 1.29 is 0 Å². The van der Waals surface area contributed by atoms with Crippen LogP contribution >= 0.6 is 11.3 Å². The maximum atomic E-state index is 5.15. The summed E-state index contributed by atoms with van der Waals surface area (Å²) in [5.74, 6) is 1.96. The molecule has 0 N–H and O–H groups in total. The Bertz CT molecular complexity index is 4490. The van der Waals surface area contributed by atoms with Gasteiger partial charge in [-0.3, -0.25) is 0 Å². The fourth-order valence-corrected chi connectivity index (χ4v) is 12.3. The van der Waals surface area contributed by atoms with Crippen LogP contribution in [0.2, 0.25) is 0 Å². The quantitative estimate of drug-likeness (QED) is 0.167. The van der Waals surface area contributed by atoms with Crippen LogP contribution in [0.3, 0.4) is 0 Å². The zero-order valence-electron chi connectivity index (χ0n) is 37.5. The van der Waals surface area contributed by atoms with Gasteiger partial charge in [-0.15, -0.1) is 11.3 Å². The van der Waals surface area contributed by atoms with Crippen LogP contribution in [0.5, 0.6) is 0 Å². The second-order valence-corrected chi connectivity index (χ2v) is 19.0. The van der Waals surface area contributed by atoms with Crippen LogP contribution in [-0.4, -0.2) is 28.7 Å². The Morgan fingerprint density at radius 2 is 0.657 bits per heavy atom. The van der Waals surface area contributed by atoms with E-state index < -0.39 is 0 Å². The predicted molar refractivity (Wildman–Crippen MR) is 292 cm³/mol. The number of nitrogens with zero attached hydrogens (tertiary/aromatic N) is 6. The van der Waals surface area contributed by atoms with E-state index in [1.165, 1.54) is 69.9 Å². The number of rotatable bonds is 6. The molecule has 0 aliphatic heterocycles. The minimum absolute atomic E-state index is 0.651. The summed E-state index contributed by atoms with van der Waals surface area (Å²) in [5.41, 5.74) is 13.4. The van der Waals surface area contributed by atoms with Crippen molar-refractivity contribution in [1.29, 1.82) is 0 Å². The molecule has 5 aromatic heterocycles. The third-order valence-electron chi connectivity index (χ3n) is 14.1. The molecule has 0 saturated heterocycles. The number of benzene rings is 10. The summed E-state index contributed by atoms with van der Waals surface area (Å²) >= 11 is 1.81. The van der Waals surface area contributed by atoms with Crippen molar-refractivity contribution >= 4 is 96.9 Å². The van der Waals surface area contributed by atoms with Gasteiger partial charge in [-0.05, 0) is 72.8 Å². The van der Waals surface area contributed by atoms with Gasteiger partial charge in [0.2, 0.25) is 0 Å². The van der Waals surface area contributed by atoms with Crippen LogP contribution in [0.15, 0.2) is 231 Å². The van der Waals surface area contributed by atoms with E-state index in [2.05, 4.69) is 208 Å². The van der Waals surface area contributed by atoms with Crippen LogP contribution in [0, 0.1) is 0 Å². The summed E-state index contributed by atoms with van der Waals surface area (Å²) in [6, 6.07) is 82.6. The lowest BCUT2D eigenvalue weighted by atomic mass is 10.1. The molecule has 15 aromatic rings. The molecule has 0 unspecified atom stereocenters. The number of para-hydroxylation sites is 4. The summed E-state index contributed by atoms with van der Waals surface area (Å²) in [7, 11) is 0. The molecule has 0 fully saturated rings. The summed E-state index contributed by atoms with van der Waals surface area (Å²) in [6.45, 7) is 0. The molecule has 70 heavy (non-hydrogen) atoms. The molecule has 0 bridgehead atoms. The minimum atomic E-state index is 0.651. The zero-order valence-corrected chi connectivity index (χ0v) is 38.3. The van der Waals surface area contributed by atoms with E-state index in [0.29, 0.717) is 17.5 Å². The number of thiophene rings is 1. The lowest BCUT2D eigenvalue weighted by Gasteiger charge is -2.12. The minimum Gasteiger partial charge on any atom is -0.309 e. The van der Waals surface area contributed by atoms with Gasteiger partial charge >= 0.3 is 0 Å². The Labute approximate surface area is 405 Å². The molecule has 10 aromatic carbocycles. The maximum Gasteiger partial charge on any atom is 0.165 e. The van der Waals surface area contributed by atoms with Gasteiger partial charge in [0.25, 0.3) is 0 Å². The highest BCUT2D eigenvalue weighted by molar-refractivity contribution is 7.26. The smallest absolute Gasteiger partial charge is 0.165 e. The first-order chi connectivity index (χ1) is 34.7. The van der Waals surface area contributed by atoms with Gasteiger partial charge in [0, 0.05) is 75.9 Å². The molecule has 15 rings (SSSR count). The SMILES string of the molecule is c1ccc(-c2nc(-c3ccccc3)nc(-c3cccc4c3sc3c(-n5c6ccccc6c6cc(-n7c8ccccc8c8cc(-n9c%10ccccc%10c%10ccccc%109)ccc87)ccc65)cccc34)n2)cc1. The van der Waals surface area contributed by atoms with Crippen LogP contribution in [0.4, 0.5) is 0 Å². The Morgan fingerprint density at radius 3 is 1.19 bits per heavy atom. The lowest BCUT2D eigenvalue weighted by Crippen LogP contribution is -2.00. The van der Waals surface area contributed by atoms with Crippen molar-refractivity contribution in [2.75, 3.05) is 0 Å². The van der Waals surface area contributed by atoms with Crippen molar-refractivity contribution in [1.82, 2.24) is 28.7 Å². The van der Waals surface area contributed by atoms with Crippen molar-refractivity contribution in [2.24, 2.45) is 0 Å². The second-order valence-electron chi connectivity index (χ2n) is 18.0. The highest BCUT2D eigenvalue weighted by Crippen LogP contribution is 2.45. The van der Waals surface area contributed by atoms with E-state index in [1.54, 1.807) is 11.3 Å². The Kier molecular flexibility index (Phi) is 8.43. The number of hydrogen-bond donors (Lipinski definition) is 0. The third-order valence-corrected chi connectivity index (χ3v) is 15.4. The molecule has 0 atom stereocenters. The van der Waals surface area contributed by atoms with Gasteiger partial charge in [-0.1, -0.05) is 158 Å². The first kappa shape index (κ1) is 38.9. The number of hydrogen-bond acceptors (Lipinski definition) is 4. The average Bonchev–Trinajstić information content (AvgIpc) is 4.17. The molecule has 0 aliphatic carbocycles. The molecule has 0 radical (unpaired) electrons. The van der Waals surface area contributed by atoms with Crippen LogP contribution in [-0.2, 0) is 0 Å². The van der Waals surface area contributed by atoms with Crippen molar-refractivity contribution in [3.05, 3.63) is 231 Å². The monoisotopic (exact) mass is 910 g/mol. The van der Waals surface area contributed by atoms with Crippen molar-refractivity contribution in [3.8, 4) is 51.2 Å². The largest absolute Gasteiger partial charge is 0.309 e. The molecular weight excluding hydrogens is 873 g/mol. The molecule has 0 saturated carbocycles. The van der Waals surface area contributed by atoms with E-state index >= 15 is 0 Å². The standard InChI is InChI=1S/C63H38N6S/c1-3-17-39(18-4-1)61-64-62(40-19-5-2-6-20-40)66-63(65-61)49-27-15-25-47-48-26-16-32-58(60(48)70-59(47)49)69-55-31-14-10-24-46(55)51-38-42(34-36-57(51)69)68-54-30-13-9-23-45(54)50-37-41(33-35-56(50)68)67-52-28-11-7-21-43(52)44-22-8-12-29-53(44)67/h1-38H. The summed E-state index contributed by atoms with van der Waals surface area (Å²) in [5, 5.41) is 9.76. The normalized spacial score (nSPS) is 12.0. The van der Waals surface area contributed by atoms with Crippen molar-refractivity contribution in [2.45, 2.75) is 0 Å². The van der Waals surface area contributed by atoms with E-state index in [9.17, 15) is 0 Å². The third kappa shape index (κ3) is 5.76. The van der Waals surface area contributed by atoms with Crippen LogP contribution < -0.4 is 0 Å². The van der Waals surface area contributed by atoms with Crippen LogP contribution in [0.1, 0.15) is 0 Å². The molecule has 0 aliphatic rings.